The summed E-state index contributed by atoms with van der Waals surface area (Å²) < 4.78 is 0. The molecule has 0 aromatic carbocycles. The second-order valence-corrected chi connectivity index (χ2v) is 4.69. The molecule has 0 heterocycles. The van der Waals surface area contributed by atoms with Gasteiger partial charge in [-0.25, -0.2) is 6.57 Å². The molecule has 0 atom stereocenters. The van der Waals surface area contributed by atoms with Crippen LogP contribution in [0.5, 0.6) is 0 Å². The summed E-state index contributed by atoms with van der Waals surface area (Å²) in [6, 6.07) is 0. The number of carbonyl (C=O) groups excluding carboxylic acids is 2. The molecule has 0 bridgehead atoms. The van der Waals surface area contributed by atoms with Gasteiger partial charge in [-0.05, 0) is 5.41 Å². The molecule has 100 valence electrons. The maximum Gasteiger partial charge on any atom is 4.00 e. The number of nitrogens with zero attached hydrogens (tertiary/aromatic N) is 1. The van der Waals surface area contributed by atoms with Crippen molar-refractivity contribution in [2.24, 2.45) is 5.41 Å². The Morgan fingerprint density at radius 2 is 1.29 bits per heavy atom. The zero-order chi connectivity index (χ0) is 14.2. The van der Waals surface area contributed by atoms with Crippen LogP contribution in [0.15, 0.2) is 0 Å². The molecule has 17 heavy (non-hydrogen) atoms. The molecule has 0 fully saturated rings. The van der Waals surface area contributed by atoms with E-state index < -0.39 is 0 Å². The Morgan fingerprint density at radius 1 is 1.06 bits per heavy atom. The fourth-order valence-electron chi connectivity index (χ4n) is 0.391. The summed E-state index contributed by atoms with van der Waals surface area (Å²) in [5.41, 5.74) is 0.338. The second kappa shape index (κ2) is 24.6. The van der Waals surface area contributed by atoms with E-state index in [2.05, 4.69) is 60.0 Å². The number of hydrogen-bond donors (Lipinski definition) is 0. The van der Waals surface area contributed by atoms with Crippen LogP contribution in [0.3, 0.4) is 0 Å². The van der Waals surface area contributed by atoms with Crippen molar-refractivity contribution in [3.63, 3.8) is 0 Å². The Bertz CT molecular complexity index is 155. The van der Waals surface area contributed by atoms with Crippen molar-refractivity contribution in [1.82, 2.24) is 0 Å². The van der Waals surface area contributed by atoms with Gasteiger partial charge in [0.25, 0.3) is 0 Å². The van der Waals surface area contributed by atoms with E-state index in [1.54, 1.807) is 0 Å². The summed E-state index contributed by atoms with van der Waals surface area (Å²) in [4.78, 5) is 18.8. The van der Waals surface area contributed by atoms with Gasteiger partial charge in [0.2, 0.25) is 6.54 Å². The molecule has 0 amide bonds. The van der Waals surface area contributed by atoms with Gasteiger partial charge in [0.1, 0.15) is 0 Å². The zero-order valence-electron chi connectivity index (χ0n) is 11.7. The standard InChI is InChI=1S/C7H13N.C4H9.2CHO.Ru/c1-7(2,3)5-6-8-4;1-4(2)3;2*1-2;/h5-6H2,1-3H3;1-3H3;2*1H;/q;3*-1;+4. The summed E-state index contributed by atoms with van der Waals surface area (Å²) in [7, 11) is 0. The third-order valence-electron chi connectivity index (χ3n) is 0.974. The minimum Gasteiger partial charge on any atom is -0.545 e. The molecule has 0 saturated heterocycles. The molecule has 0 unspecified atom stereocenters. The number of hydrogen-bond acceptors (Lipinski definition) is 2. The molecular formula is C13H24NO2Ru+. The minimum absolute atomic E-state index is 0. The molecule has 0 aromatic heterocycles. The molecule has 0 aromatic rings. The van der Waals surface area contributed by atoms with Gasteiger partial charge < -0.3 is 20.4 Å². The topological polar surface area (TPSA) is 38.5 Å². The molecule has 0 saturated carbocycles. The summed E-state index contributed by atoms with van der Waals surface area (Å²) in [5.74, 6) is 1.42. The van der Waals surface area contributed by atoms with E-state index in [4.69, 9.17) is 16.2 Å². The van der Waals surface area contributed by atoms with E-state index >= 15 is 0 Å². The Morgan fingerprint density at radius 3 is 1.35 bits per heavy atom. The third-order valence-corrected chi connectivity index (χ3v) is 0.974. The van der Waals surface area contributed by atoms with E-state index in [1.807, 2.05) is 0 Å². The fraction of sp³-hybridized carbons (Fsp3) is 0.692. The quantitative estimate of drug-likeness (QED) is 0.420. The molecule has 0 aliphatic carbocycles. The van der Waals surface area contributed by atoms with Crippen LogP contribution in [0.2, 0.25) is 0 Å². The minimum atomic E-state index is 0. The van der Waals surface area contributed by atoms with Gasteiger partial charge in [-0.1, -0.05) is 20.8 Å². The molecule has 4 heteroatoms. The van der Waals surface area contributed by atoms with Crippen LogP contribution in [0.1, 0.15) is 48.0 Å². The first-order chi connectivity index (χ1) is 7.29. The van der Waals surface area contributed by atoms with Gasteiger partial charge in [0.05, 0.1) is 0 Å². The van der Waals surface area contributed by atoms with Crippen LogP contribution >= 0.6 is 0 Å². The van der Waals surface area contributed by atoms with Crippen LogP contribution in [0, 0.1) is 17.9 Å². The van der Waals surface area contributed by atoms with Crippen molar-refractivity contribution in [2.45, 2.75) is 48.0 Å². The first-order valence-corrected chi connectivity index (χ1v) is 4.86. The maximum absolute atomic E-state index is 7.75. The van der Waals surface area contributed by atoms with Gasteiger partial charge in [0, 0.05) is 6.42 Å². The normalized spacial score (nSPS) is 7.65. The average molecular weight is 327 g/mol. The second-order valence-electron chi connectivity index (χ2n) is 4.69. The van der Waals surface area contributed by atoms with Crippen LogP contribution < -0.4 is 0 Å². The van der Waals surface area contributed by atoms with Crippen molar-refractivity contribution in [3.8, 4) is 0 Å². The smallest absolute Gasteiger partial charge is 0.545 e. The summed E-state index contributed by atoms with van der Waals surface area (Å²) in [6.07, 6.45) is 1.01. The van der Waals surface area contributed by atoms with Crippen LogP contribution in [0.25, 0.3) is 4.85 Å². The Kier molecular flexibility index (Phi) is 43.4. The van der Waals surface area contributed by atoms with E-state index in [1.165, 1.54) is 5.92 Å². The van der Waals surface area contributed by atoms with E-state index in [0.29, 0.717) is 12.0 Å². The van der Waals surface area contributed by atoms with Crippen molar-refractivity contribution >= 4 is 13.6 Å². The maximum atomic E-state index is 7.75. The first-order valence-electron chi connectivity index (χ1n) is 4.86. The molecule has 0 aliphatic rings. The van der Waals surface area contributed by atoms with Gasteiger partial charge in [0.15, 0.2) is 0 Å². The predicted octanol–water partition coefficient (Wildman–Crippen LogP) is 3.41. The fourth-order valence-corrected chi connectivity index (χ4v) is 0.391. The molecule has 0 N–H and O–H groups in total. The molecule has 3 nitrogen and oxygen atoms in total. The summed E-state index contributed by atoms with van der Waals surface area (Å²) in [5, 5.41) is 0. The number of rotatable bonds is 1. The monoisotopic (exact) mass is 328 g/mol. The largest absolute Gasteiger partial charge is 4.00 e. The van der Waals surface area contributed by atoms with Crippen molar-refractivity contribution < 1.29 is 29.1 Å². The zero-order valence-corrected chi connectivity index (χ0v) is 13.4. The van der Waals surface area contributed by atoms with Gasteiger partial charge in [-0.3, -0.25) is 13.6 Å². The summed E-state index contributed by atoms with van der Waals surface area (Å²) >= 11 is 0. The van der Waals surface area contributed by atoms with E-state index in [9.17, 15) is 0 Å². The van der Waals surface area contributed by atoms with Gasteiger partial charge in [-0.2, -0.15) is 20.8 Å². The van der Waals surface area contributed by atoms with Crippen molar-refractivity contribution in [3.05, 3.63) is 17.3 Å². The Labute approximate surface area is 120 Å². The SMILES string of the molecule is C[C-](C)C.[C-]#[N+]CCC(C)(C)C.[CH-]=O.[CH-]=O.[Ru+4]. The summed E-state index contributed by atoms with van der Waals surface area (Å²) in [6.45, 7) is 26.4. The van der Waals surface area contributed by atoms with Crippen molar-refractivity contribution in [1.29, 1.82) is 0 Å². The average Bonchev–Trinajstić information content (AvgIpc) is 2.19. The van der Waals surface area contributed by atoms with Crippen LogP contribution in [-0.4, -0.2) is 20.1 Å². The van der Waals surface area contributed by atoms with E-state index in [-0.39, 0.29) is 19.5 Å². The van der Waals surface area contributed by atoms with Crippen molar-refractivity contribution in [2.75, 3.05) is 6.54 Å². The molecular weight excluding hydrogens is 303 g/mol. The van der Waals surface area contributed by atoms with Gasteiger partial charge in [-0.15, -0.1) is 0 Å². The Hall–Kier alpha value is -0.547. The predicted molar refractivity (Wildman–Crippen MR) is 69.3 cm³/mol. The van der Waals surface area contributed by atoms with Crippen LogP contribution in [0.4, 0.5) is 0 Å². The molecule has 0 rings (SSSR count). The Balaban J connectivity index is -0.0000000457. The third kappa shape index (κ3) is 141. The van der Waals surface area contributed by atoms with E-state index in [0.717, 1.165) is 6.42 Å². The van der Waals surface area contributed by atoms with Gasteiger partial charge >= 0.3 is 19.5 Å². The van der Waals surface area contributed by atoms with Crippen LogP contribution in [-0.2, 0) is 29.1 Å². The first kappa shape index (κ1) is 30.0. The molecule has 0 radical (unpaired) electrons. The molecule has 0 aliphatic heterocycles. The molecule has 0 spiro atoms.